The normalized spacial score (nSPS) is 15.6. The number of ether oxygens (including phenoxy) is 2. The summed E-state index contributed by atoms with van der Waals surface area (Å²) in [7, 11) is 3.58. The van der Waals surface area contributed by atoms with Crippen molar-refractivity contribution in [2.24, 2.45) is 0 Å². The van der Waals surface area contributed by atoms with E-state index >= 15 is 0 Å². The lowest BCUT2D eigenvalue weighted by Crippen LogP contribution is -2.45. The van der Waals surface area contributed by atoms with Crippen molar-refractivity contribution >= 4 is 7.60 Å². The summed E-state index contributed by atoms with van der Waals surface area (Å²) in [5.41, 5.74) is 0. The second kappa shape index (κ2) is 25.5. The van der Waals surface area contributed by atoms with E-state index in [2.05, 4.69) is 19.1 Å². The maximum atomic E-state index is 12.7. The molecule has 39 heavy (non-hydrogen) atoms. The molecule has 1 N–H and O–H groups in total. The molecule has 0 fully saturated rings. The van der Waals surface area contributed by atoms with E-state index in [1.807, 2.05) is 28.1 Å². The summed E-state index contributed by atoms with van der Waals surface area (Å²) in [4.78, 5) is 10.4. The molecule has 0 bridgehead atoms. The van der Waals surface area contributed by atoms with Gasteiger partial charge in [-0.15, -0.1) is 0 Å². The lowest BCUT2D eigenvalue weighted by Gasteiger charge is -2.35. The summed E-state index contributed by atoms with van der Waals surface area (Å²) in [6.07, 6.45) is 28.9. The van der Waals surface area contributed by atoms with Gasteiger partial charge in [0.25, 0.3) is 0 Å². The van der Waals surface area contributed by atoms with Crippen molar-refractivity contribution in [1.29, 1.82) is 0 Å². The third-order valence-corrected chi connectivity index (χ3v) is 9.85. The Labute approximate surface area is 243 Å². The van der Waals surface area contributed by atoms with Gasteiger partial charge in [0.2, 0.25) is 0 Å². The van der Waals surface area contributed by atoms with Crippen molar-refractivity contribution in [2.45, 2.75) is 148 Å². The predicted octanol–water partition coefficient (Wildman–Crippen LogP) is 9.26. The fraction of sp³-hybridized carbons (Fsp3) is 0.938. The lowest BCUT2D eigenvalue weighted by atomic mass is 10.1. The second-order valence-electron chi connectivity index (χ2n) is 12.1. The van der Waals surface area contributed by atoms with Gasteiger partial charge < -0.3 is 23.4 Å². The standard InChI is InChI=1S/C32H66NO5P/c1-7-9-10-11-12-13-14-15-16-17-18-19-20-21-22-23-24-25-26-27-28-37-29-31(36-6)30-38-39(34,35)32(8-2)33(3,4)5/h18-19,31-32H,7-17,20-30H2,1-6H3/p+1/b19-18-/t31-,32?/m1/s1. The molecule has 0 aromatic carbocycles. The van der Waals surface area contributed by atoms with Crippen LogP contribution in [0, 0.1) is 0 Å². The summed E-state index contributed by atoms with van der Waals surface area (Å²) in [5.74, 6) is -0.457. The minimum Gasteiger partial charge on any atom is -0.379 e. The van der Waals surface area contributed by atoms with E-state index in [1.165, 1.54) is 109 Å². The van der Waals surface area contributed by atoms with E-state index in [0.29, 0.717) is 24.1 Å². The predicted molar refractivity (Wildman–Crippen MR) is 167 cm³/mol. The molecule has 7 heteroatoms. The average molecular weight is 577 g/mol. The zero-order valence-corrected chi connectivity index (χ0v) is 27.7. The Kier molecular flexibility index (Phi) is 25.3. The third-order valence-electron chi connectivity index (χ3n) is 7.52. The van der Waals surface area contributed by atoms with Gasteiger partial charge in [0.05, 0.1) is 34.4 Å². The minimum absolute atomic E-state index is 0.0647. The third kappa shape index (κ3) is 23.1. The topological polar surface area (TPSA) is 65.0 Å². The van der Waals surface area contributed by atoms with E-state index in [4.69, 9.17) is 14.0 Å². The molecule has 0 aromatic heterocycles. The molecule has 0 aliphatic rings. The van der Waals surface area contributed by atoms with Crippen LogP contribution >= 0.6 is 7.60 Å². The van der Waals surface area contributed by atoms with Crippen molar-refractivity contribution in [3.63, 3.8) is 0 Å². The molecule has 0 radical (unpaired) electrons. The first-order valence-corrected chi connectivity index (χ1v) is 17.9. The fourth-order valence-electron chi connectivity index (χ4n) is 5.05. The Bertz CT molecular complexity index is 608. The number of nitrogens with zero attached hydrogens (tertiary/aromatic N) is 1. The first-order valence-electron chi connectivity index (χ1n) is 16.2. The van der Waals surface area contributed by atoms with Crippen molar-refractivity contribution in [2.75, 3.05) is 48.1 Å². The van der Waals surface area contributed by atoms with Crippen LogP contribution in [0.4, 0.5) is 0 Å². The highest BCUT2D eigenvalue weighted by Crippen LogP contribution is 2.51. The first kappa shape index (κ1) is 38.8. The molecule has 0 aliphatic heterocycles. The van der Waals surface area contributed by atoms with Gasteiger partial charge >= 0.3 is 7.60 Å². The van der Waals surface area contributed by atoms with Gasteiger partial charge in [0, 0.05) is 20.1 Å². The van der Waals surface area contributed by atoms with Gasteiger partial charge in [-0.1, -0.05) is 109 Å². The summed E-state index contributed by atoms with van der Waals surface area (Å²) >= 11 is 0. The molecule has 0 saturated heterocycles. The van der Waals surface area contributed by atoms with Crippen molar-refractivity contribution in [3.05, 3.63) is 12.2 Å². The van der Waals surface area contributed by atoms with Crippen molar-refractivity contribution in [3.8, 4) is 0 Å². The number of quaternary nitrogens is 1. The largest absolute Gasteiger partial charge is 0.385 e. The van der Waals surface area contributed by atoms with Crippen LogP contribution in [0.5, 0.6) is 0 Å². The van der Waals surface area contributed by atoms with Gasteiger partial charge in [-0.3, -0.25) is 4.57 Å². The van der Waals surface area contributed by atoms with Crippen molar-refractivity contribution < 1.29 is 27.9 Å². The SMILES string of the molecule is CCCCCCCCCCC/C=C\CCCCCCCCCOC[C@H](COP(=O)(O)C(CC)[N+](C)(C)C)OC. The van der Waals surface area contributed by atoms with Crippen LogP contribution in [-0.4, -0.2) is 69.3 Å². The fourth-order valence-corrected chi connectivity index (χ4v) is 6.94. The molecule has 0 rings (SSSR count). The first-order chi connectivity index (χ1) is 18.7. The highest BCUT2D eigenvalue weighted by molar-refractivity contribution is 7.53. The number of hydrogen-bond acceptors (Lipinski definition) is 4. The number of unbranched alkanes of at least 4 members (excludes halogenated alkanes) is 16. The smallest absolute Gasteiger partial charge is 0.379 e. The highest BCUT2D eigenvalue weighted by Gasteiger charge is 2.41. The second-order valence-corrected chi connectivity index (χ2v) is 14.1. The van der Waals surface area contributed by atoms with E-state index in [0.717, 1.165) is 6.42 Å². The minimum atomic E-state index is -3.74. The van der Waals surface area contributed by atoms with Crippen molar-refractivity contribution in [1.82, 2.24) is 0 Å². The summed E-state index contributed by atoms with van der Waals surface area (Å²) in [6, 6.07) is 0. The van der Waals surface area contributed by atoms with Gasteiger partial charge in [-0.2, -0.15) is 0 Å². The van der Waals surface area contributed by atoms with E-state index in [9.17, 15) is 9.46 Å². The maximum absolute atomic E-state index is 12.7. The Morgan fingerprint density at radius 1 is 0.718 bits per heavy atom. The average Bonchev–Trinajstić information content (AvgIpc) is 2.88. The molecule has 0 spiro atoms. The van der Waals surface area contributed by atoms with Crippen LogP contribution in [-0.2, 0) is 18.6 Å². The van der Waals surface area contributed by atoms with Gasteiger partial charge in [0.15, 0.2) is 5.78 Å². The molecule has 0 saturated carbocycles. The van der Waals surface area contributed by atoms with Gasteiger partial charge in [0.1, 0.15) is 6.10 Å². The summed E-state index contributed by atoms with van der Waals surface area (Å²) in [6.45, 7) is 5.33. The molecule has 2 unspecified atom stereocenters. The monoisotopic (exact) mass is 576 g/mol. The highest BCUT2D eigenvalue weighted by atomic mass is 31.2. The Hall–Kier alpha value is -0.230. The molecule has 3 atom stereocenters. The van der Waals surface area contributed by atoms with E-state index in [1.54, 1.807) is 7.11 Å². The molecule has 234 valence electrons. The molecule has 6 nitrogen and oxygen atoms in total. The lowest BCUT2D eigenvalue weighted by molar-refractivity contribution is -0.883. The van der Waals surface area contributed by atoms with Crippen LogP contribution in [0.3, 0.4) is 0 Å². The van der Waals surface area contributed by atoms with Gasteiger partial charge in [-0.25, -0.2) is 0 Å². The Balaban J connectivity index is 3.58. The van der Waals surface area contributed by atoms with E-state index < -0.39 is 13.4 Å². The summed E-state index contributed by atoms with van der Waals surface area (Å²) < 4.78 is 29.7. The molecule has 0 amide bonds. The summed E-state index contributed by atoms with van der Waals surface area (Å²) in [5, 5.41) is 0. The Morgan fingerprint density at radius 3 is 1.62 bits per heavy atom. The zero-order chi connectivity index (χ0) is 29.2. The molecular formula is C32H67NO5P+. The van der Waals surface area contributed by atoms with Crippen LogP contribution in [0.15, 0.2) is 12.2 Å². The van der Waals surface area contributed by atoms with E-state index in [-0.39, 0.29) is 12.7 Å². The number of rotatable bonds is 29. The van der Waals surface area contributed by atoms with Crippen LogP contribution in [0.1, 0.15) is 136 Å². The van der Waals surface area contributed by atoms with Gasteiger partial charge in [-0.05, 0) is 32.1 Å². The molecule has 0 heterocycles. The number of hydrogen-bond donors (Lipinski definition) is 1. The zero-order valence-electron chi connectivity index (χ0n) is 26.8. The molecule has 0 aromatic rings. The van der Waals surface area contributed by atoms with Crippen LogP contribution < -0.4 is 0 Å². The van der Waals surface area contributed by atoms with Crippen LogP contribution in [0.2, 0.25) is 0 Å². The number of allylic oxidation sites excluding steroid dienone is 2. The Morgan fingerprint density at radius 2 is 1.18 bits per heavy atom. The maximum Gasteiger partial charge on any atom is 0.385 e. The molecular weight excluding hydrogens is 509 g/mol. The molecule has 0 aliphatic carbocycles. The van der Waals surface area contributed by atoms with Crippen LogP contribution in [0.25, 0.3) is 0 Å². The quantitative estimate of drug-likeness (QED) is 0.0416. The number of methoxy groups -OCH3 is 1.